The van der Waals surface area contributed by atoms with E-state index in [9.17, 15) is 0 Å². The fourth-order valence-corrected chi connectivity index (χ4v) is 37.3. The molecule has 0 saturated heterocycles. The van der Waals surface area contributed by atoms with Crippen LogP contribution in [-0.4, -0.2) is 73.1 Å². The van der Waals surface area contributed by atoms with E-state index in [1.807, 2.05) is 235 Å². The second-order valence-corrected chi connectivity index (χ2v) is 38.0. The van der Waals surface area contributed by atoms with Crippen LogP contribution < -0.4 is 0 Å². The number of hydrogen-bond donors (Lipinski definition) is 0. The molecule has 308 valence electrons. The summed E-state index contributed by atoms with van der Waals surface area (Å²) < 4.78 is 26.7. The second-order valence-electron chi connectivity index (χ2n) is 10.1. The van der Waals surface area contributed by atoms with Crippen molar-refractivity contribution in [3.8, 4) is 0 Å². The summed E-state index contributed by atoms with van der Waals surface area (Å²) in [6.45, 7) is 0. The van der Waals surface area contributed by atoms with E-state index in [1.54, 1.807) is 0 Å². The van der Waals surface area contributed by atoms with Gasteiger partial charge in [-0.1, -0.05) is 141 Å². The largest absolute Gasteiger partial charge is 0.121 e. The van der Waals surface area contributed by atoms with Gasteiger partial charge in [0.2, 0.25) is 0 Å². The molecule has 6 heterocycles. The lowest BCUT2D eigenvalue weighted by Crippen LogP contribution is -1.86. The third-order valence-corrected chi connectivity index (χ3v) is 40.6. The topological polar surface area (TPSA) is 0 Å². The van der Waals surface area contributed by atoms with Crippen LogP contribution >= 0.6 is 282 Å². The van der Waals surface area contributed by atoms with Crippen molar-refractivity contribution < 1.29 is 0 Å². The summed E-state index contributed by atoms with van der Waals surface area (Å²) in [5, 5.41) is 0. The molecule has 6 rings (SSSR count). The molecule has 0 saturated carbocycles. The van der Waals surface area contributed by atoms with E-state index < -0.39 is 0 Å². The molecular formula is C32H36S24. The van der Waals surface area contributed by atoms with Crippen LogP contribution in [0.3, 0.4) is 0 Å². The molecular weight excluding hydrogens is 1150 g/mol. The lowest BCUT2D eigenvalue weighted by Gasteiger charge is -2.07. The van der Waals surface area contributed by atoms with Crippen molar-refractivity contribution in [2.75, 3.05) is 73.1 Å². The van der Waals surface area contributed by atoms with Gasteiger partial charge in [0.1, 0.15) is 0 Å². The minimum atomic E-state index is 1.17. The van der Waals surface area contributed by atoms with Crippen molar-refractivity contribution in [3.05, 3.63) is 76.3 Å². The summed E-state index contributed by atoms with van der Waals surface area (Å²) >= 11 is 47.5. The summed E-state index contributed by atoms with van der Waals surface area (Å²) in [7, 11) is 0. The number of hydrogen-bond acceptors (Lipinski definition) is 24. The average molecular weight is 1190 g/mol. The molecule has 0 fully saturated rings. The van der Waals surface area contributed by atoms with Gasteiger partial charge >= 0.3 is 0 Å². The Hall–Kier alpha value is 6.06. The zero-order valence-electron chi connectivity index (χ0n) is 31.0. The fourth-order valence-electron chi connectivity index (χ4n) is 4.27. The maximum Gasteiger partial charge on any atom is 0.0717 e. The van der Waals surface area contributed by atoms with Crippen LogP contribution in [0.5, 0.6) is 0 Å². The minimum Gasteiger partial charge on any atom is -0.121 e. The summed E-state index contributed by atoms with van der Waals surface area (Å²) in [5.41, 5.74) is 0. The van der Waals surface area contributed by atoms with Crippen LogP contribution in [0, 0.1) is 0 Å². The molecule has 0 aromatic heterocycles. The highest BCUT2D eigenvalue weighted by Gasteiger charge is 2.33. The molecule has 0 spiro atoms. The molecule has 6 aliphatic heterocycles. The Morgan fingerprint density at radius 2 is 0.375 bits per heavy atom. The lowest BCUT2D eigenvalue weighted by atomic mass is 10.6. The minimum absolute atomic E-state index is 1.17. The Balaban J connectivity index is 1.00. The van der Waals surface area contributed by atoms with Crippen molar-refractivity contribution >= 4 is 282 Å². The molecule has 56 heavy (non-hydrogen) atoms. The zero-order valence-corrected chi connectivity index (χ0v) is 50.6. The zero-order chi connectivity index (χ0) is 39.6. The van der Waals surface area contributed by atoms with Crippen LogP contribution in [0.15, 0.2) is 76.3 Å². The highest BCUT2D eigenvalue weighted by Crippen LogP contribution is 2.68. The Kier molecular flexibility index (Phi) is 25.0. The first-order valence-electron chi connectivity index (χ1n) is 16.0. The maximum absolute atomic E-state index is 2.24. The quantitative estimate of drug-likeness (QED) is 0.106. The predicted molar refractivity (Wildman–Crippen MR) is 322 cm³/mol. The van der Waals surface area contributed by atoms with Crippen LogP contribution in [0.2, 0.25) is 0 Å². The Labute approximate surface area is 437 Å². The predicted octanol–water partition coefficient (Wildman–Crippen LogP) is 20.6. The van der Waals surface area contributed by atoms with Crippen LogP contribution in [0.4, 0.5) is 0 Å². The van der Waals surface area contributed by atoms with E-state index >= 15 is 0 Å². The van der Waals surface area contributed by atoms with E-state index in [2.05, 4.69) is 97.1 Å². The Morgan fingerprint density at radius 1 is 0.232 bits per heavy atom. The van der Waals surface area contributed by atoms with Gasteiger partial charge in [0.25, 0.3) is 0 Å². The first kappa shape index (κ1) is 51.5. The van der Waals surface area contributed by atoms with E-state index in [-0.39, 0.29) is 0 Å². The Bertz CT molecular complexity index is 1630. The van der Waals surface area contributed by atoms with Gasteiger partial charge < -0.3 is 0 Å². The summed E-state index contributed by atoms with van der Waals surface area (Å²) in [5.74, 6) is 4.68. The molecule has 0 aromatic rings. The van der Waals surface area contributed by atoms with E-state index in [0.717, 1.165) is 0 Å². The van der Waals surface area contributed by atoms with Crippen LogP contribution in [-0.2, 0) is 0 Å². The van der Waals surface area contributed by atoms with Gasteiger partial charge in [-0.3, -0.25) is 0 Å². The number of thioether (sulfide) groups is 24. The first-order valence-corrected chi connectivity index (χ1v) is 39.6. The van der Waals surface area contributed by atoms with Gasteiger partial charge in [-0.2, -0.15) is 0 Å². The summed E-state index contributed by atoms with van der Waals surface area (Å²) in [6, 6.07) is 0. The monoisotopic (exact) mass is 1190 g/mol. The van der Waals surface area contributed by atoms with Gasteiger partial charge in [-0.05, 0) is 85.9 Å². The third kappa shape index (κ3) is 14.1. The maximum atomic E-state index is 2.24. The average Bonchev–Trinajstić information content (AvgIpc) is 4.08. The fraction of sp³-hybridized carbons (Fsp3) is 0.438. The molecule has 0 unspecified atom stereocenters. The highest BCUT2D eigenvalue weighted by atomic mass is 32.3. The molecule has 6 aliphatic rings. The highest BCUT2D eigenvalue weighted by molar-refractivity contribution is 8.47. The molecule has 0 atom stereocenters. The normalized spacial score (nSPS) is 21.0. The molecule has 0 amide bonds. The van der Waals surface area contributed by atoms with Crippen molar-refractivity contribution in [2.45, 2.75) is 12.8 Å². The third-order valence-electron chi connectivity index (χ3n) is 6.72. The van der Waals surface area contributed by atoms with Crippen molar-refractivity contribution in [2.24, 2.45) is 0 Å². The summed E-state index contributed by atoms with van der Waals surface area (Å²) in [4.78, 5) is 0. The van der Waals surface area contributed by atoms with Crippen molar-refractivity contribution in [1.82, 2.24) is 0 Å². The molecule has 0 aliphatic carbocycles. The van der Waals surface area contributed by atoms with Gasteiger partial charge in [0.15, 0.2) is 0 Å². The lowest BCUT2D eigenvalue weighted by molar-refractivity contribution is 1.13. The number of rotatable bonds is 20. The second kappa shape index (κ2) is 27.2. The standard InChI is InChI=1S/C32H36S24/c1-33-15-16(34-2)46-27(45-15)30-51-21(39-7)23(53-30)41-11-9-13-43-25-26(56-32(55-25)29-49-19(37-5)20(38-6)50-29)44-14-10-12-42-24-22(40-8)52-31(54-24)28-47-17(35-3)18(36-4)48-28/h9-14H2,1-8H3. The SMILES string of the molecule is CSC1=C(SC)SC(=C2SC(SC)=C(SCCCSC3=C(SCCCSC4=C(SC)SC(=C5SC(SC)=C(SC)S5)S4)SC(=C4SC(SC)=C(SC)S4)S3)S2)S1. The van der Waals surface area contributed by atoms with E-state index in [4.69, 9.17) is 0 Å². The van der Waals surface area contributed by atoms with Gasteiger partial charge in [0.05, 0.1) is 76.3 Å². The molecule has 24 heteroatoms. The molecule has 0 aromatic carbocycles. The molecule has 0 nitrogen and oxygen atoms in total. The molecule has 0 N–H and O–H groups in total. The molecule has 0 bridgehead atoms. The first-order chi connectivity index (χ1) is 27.4. The van der Waals surface area contributed by atoms with Gasteiger partial charge in [-0.25, -0.2) is 0 Å². The smallest absolute Gasteiger partial charge is 0.0717 e. The molecule has 0 radical (unpaired) electrons. The van der Waals surface area contributed by atoms with Gasteiger partial charge in [0, 0.05) is 0 Å². The van der Waals surface area contributed by atoms with E-state index in [0.29, 0.717) is 0 Å². The van der Waals surface area contributed by atoms with Crippen molar-refractivity contribution in [3.63, 3.8) is 0 Å². The summed E-state index contributed by atoms with van der Waals surface area (Å²) in [6.07, 6.45) is 20.2. The van der Waals surface area contributed by atoms with Crippen LogP contribution in [0.25, 0.3) is 0 Å². The van der Waals surface area contributed by atoms with Crippen molar-refractivity contribution in [1.29, 1.82) is 0 Å². The van der Waals surface area contributed by atoms with E-state index in [1.165, 1.54) is 112 Å². The Morgan fingerprint density at radius 3 is 0.554 bits per heavy atom. The van der Waals surface area contributed by atoms with Crippen LogP contribution in [0.1, 0.15) is 12.8 Å². The van der Waals surface area contributed by atoms with Gasteiger partial charge in [-0.15, -0.1) is 141 Å².